The quantitative estimate of drug-likeness (QED) is 0.333. The molecule has 3 aromatic rings. The van der Waals surface area contributed by atoms with E-state index in [0.717, 1.165) is 11.1 Å². The van der Waals surface area contributed by atoms with Crippen LogP contribution in [0.15, 0.2) is 84.4 Å². The highest BCUT2D eigenvalue weighted by atomic mass is 16.5. The molecule has 0 aromatic heterocycles. The van der Waals surface area contributed by atoms with Gasteiger partial charge in [0, 0.05) is 12.1 Å². The Morgan fingerprint density at radius 2 is 1.42 bits per heavy atom. The van der Waals surface area contributed by atoms with Gasteiger partial charge in [0.1, 0.15) is 17.3 Å². The highest BCUT2D eigenvalue weighted by Crippen LogP contribution is 2.40. The van der Waals surface area contributed by atoms with Crippen molar-refractivity contribution in [1.29, 1.82) is 0 Å². The standard InChI is InChI=1S/C27H25NO5/c1-32-21-12-8-19(9-13-21)24-23(25(29)20-10-14-22(33-2)15-11-20)26(30)27(31)28(24)17-16-18-6-4-3-5-7-18/h3-15,24,29H,16-17H2,1-2H3/b25-23-. The summed E-state index contributed by atoms with van der Waals surface area (Å²) in [7, 11) is 3.13. The van der Waals surface area contributed by atoms with E-state index in [-0.39, 0.29) is 11.3 Å². The number of methoxy groups -OCH3 is 2. The molecule has 1 atom stereocenters. The minimum Gasteiger partial charge on any atom is -0.507 e. The van der Waals surface area contributed by atoms with Gasteiger partial charge in [0.05, 0.1) is 25.8 Å². The molecule has 6 nitrogen and oxygen atoms in total. The molecular formula is C27H25NO5. The number of benzene rings is 3. The average molecular weight is 443 g/mol. The van der Waals surface area contributed by atoms with Crippen LogP contribution in [0.3, 0.4) is 0 Å². The van der Waals surface area contributed by atoms with Crippen molar-refractivity contribution in [2.45, 2.75) is 12.5 Å². The second kappa shape index (κ2) is 9.61. The first-order chi connectivity index (χ1) is 16.0. The van der Waals surface area contributed by atoms with E-state index in [1.807, 2.05) is 42.5 Å². The van der Waals surface area contributed by atoms with Crippen LogP contribution >= 0.6 is 0 Å². The number of nitrogens with zero attached hydrogens (tertiary/aromatic N) is 1. The summed E-state index contributed by atoms with van der Waals surface area (Å²) in [6, 6.07) is 23.0. The van der Waals surface area contributed by atoms with Gasteiger partial charge < -0.3 is 19.5 Å². The number of hydrogen-bond acceptors (Lipinski definition) is 5. The van der Waals surface area contributed by atoms with E-state index in [4.69, 9.17) is 9.47 Å². The van der Waals surface area contributed by atoms with Crippen LogP contribution < -0.4 is 9.47 Å². The zero-order valence-electron chi connectivity index (χ0n) is 18.5. The Kier molecular flexibility index (Phi) is 6.45. The van der Waals surface area contributed by atoms with Crippen LogP contribution in [0.1, 0.15) is 22.7 Å². The summed E-state index contributed by atoms with van der Waals surface area (Å²) in [5, 5.41) is 11.1. The number of ketones is 1. The molecular weight excluding hydrogens is 418 g/mol. The van der Waals surface area contributed by atoms with Crippen molar-refractivity contribution in [3.8, 4) is 11.5 Å². The largest absolute Gasteiger partial charge is 0.507 e. The SMILES string of the molecule is COc1ccc(/C(O)=C2/C(=O)C(=O)N(CCc3ccccc3)C2c2ccc(OC)cc2)cc1. The maximum Gasteiger partial charge on any atom is 0.295 e. The summed E-state index contributed by atoms with van der Waals surface area (Å²) in [6.07, 6.45) is 0.586. The molecule has 6 heteroatoms. The zero-order chi connectivity index (χ0) is 23.4. The first-order valence-corrected chi connectivity index (χ1v) is 10.6. The highest BCUT2D eigenvalue weighted by molar-refractivity contribution is 6.46. The van der Waals surface area contributed by atoms with Crippen LogP contribution in [-0.2, 0) is 16.0 Å². The summed E-state index contributed by atoms with van der Waals surface area (Å²) in [4.78, 5) is 27.7. The van der Waals surface area contributed by atoms with E-state index in [9.17, 15) is 14.7 Å². The maximum absolute atomic E-state index is 13.1. The molecule has 1 amide bonds. The Morgan fingerprint density at radius 3 is 2.00 bits per heavy atom. The molecule has 1 aliphatic heterocycles. The molecule has 4 rings (SSSR count). The Balaban J connectivity index is 1.77. The van der Waals surface area contributed by atoms with E-state index < -0.39 is 17.7 Å². The number of carbonyl (C=O) groups is 2. The third-order valence-corrected chi connectivity index (χ3v) is 5.82. The van der Waals surface area contributed by atoms with Gasteiger partial charge in [-0.2, -0.15) is 0 Å². The number of rotatable bonds is 7. The molecule has 3 aromatic carbocycles. The lowest BCUT2D eigenvalue weighted by atomic mass is 9.95. The molecule has 1 heterocycles. The van der Waals surface area contributed by atoms with E-state index in [1.54, 1.807) is 50.6 Å². The van der Waals surface area contributed by atoms with Gasteiger partial charge in [-0.1, -0.05) is 42.5 Å². The van der Waals surface area contributed by atoms with Crippen LogP contribution in [0, 0.1) is 0 Å². The normalized spacial score (nSPS) is 17.3. The topological polar surface area (TPSA) is 76.1 Å². The Hall–Kier alpha value is -4.06. The Bertz CT molecular complexity index is 1170. The van der Waals surface area contributed by atoms with Crippen molar-refractivity contribution in [2.75, 3.05) is 20.8 Å². The minimum absolute atomic E-state index is 0.0726. The molecule has 1 fully saturated rings. The van der Waals surface area contributed by atoms with Gasteiger partial charge in [-0.3, -0.25) is 9.59 Å². The number of hydrogen-bond donors (Lipinski definition) is 1. The number of likely N-dealkylation sites (tertiary alicyclic amines) is 1. The lowest BCUT2D eigenvalue weighted by Crippen LogP contribution is -2.31. The molecule has 1 saturated heterocycles. The molecule has 33 heavy (non-hydrogen) atoms. The summed E-state index contributed by atoms with van der Waals surface area (Å²) in [6.45, 7) is 0.338. The molecule has 0 spiro atoms. The number of ether oxygens (including phenoxy) is 2. The monoisotopic (exact) mass is 443 g/mol. The average Bonchev–Trinajstić information content (AvgIpc) is 3.12. The Morgan fingerprint density at radius 1 is 0.848 bits per heavy atom. The fraction of sp³-hybridized carbons (Fsp3) is 0.185. The minimum atomic E-state index is -0.707. The third kappa shape index (κ3) is 4.46. The van der Waals surface area contributed by atoms with E-state index >= 15 is 0 Å². The van der Waals surface area contributed by atoms with Gasteiger partial charge in [-0.05, 0) is 53.9 Å². The predicted octanol–water partition coefficient (Wildman–Crippen LogP) is 4.37. The number of amides is 1. The van der Waals surface area contributed by atoms with Crippen LogP contribution in [0.5, 0.6) is 11.5 Å². The summed E-state index contributed by atoms with van der Waals surface area (Å²) >= 11 is 0. The molecule has 0 aliphatic carbocycles. The van der Waals surface area contributed by atoms with Gasteiger partial charge in [-0.25, -0.2) is 0 Å². The highest BCUT2D eigenvalue weighted by Gasteiger charge is 2.45. The van der Waals surface area contributed by atoms with Crippen LogP contribution in [-0.4, -0.2) is 42.5 Å². The summed E-state index contributed by atoms with van der Waals surface area (Å²) in [5.41, 5.74) is 2.29. The van der Waals surface area contributed by atoms with Crippen LogP contribution in [0.4, 0.5) is 0 Å². The molecule has 1 unspecified atom stereocenters. The van der Waals surface area contributed by atoms with Crippen molar-refractivity contribution in [2.24, 2.45) is 0 Å². The number of aliphatic hydroxyl groups excluding tert-OH is 1. The molecule has 168 valence electrons. The van der Waals surface area contributed by atoms with Gasteiger partial charge in [-0.15, -0.1) is 0 Å². The third-order valence-electron chi connectivity index (χ3n) is 5.82. The fourth-order valence-electron chi connectivity index (χ4n) is 4.04. The van der Waals surface area contributed by atoms with E-state index in [0.29, 0.717) is 30.0 Å². The summed E-state index contributed by atoms with van der Waals surface area (Å²) in [5.74, 6) is -0.241. The molecule has 1 N–H and O–H groups in total. The van der Waals surface area contributed by atoms with Gasteiger partial charge in [0.15, 0.2) is 0 Å². The fourth-order valence-corrected chi connectivity index (χ4v) is 4.04. The lowest BCUT2D eigenvalue weighted by molar-refractivity contribution is -0.139. The lowest BCUT2D eigenvalue weighted by Gasteiger charge is -2.25. The smallest absolute Gasteiger partial charge is 0.295 e. The maximum atomic E-state index is 13.1. The first kappa shape index (κ1) is 22.1. The van der Waals surface area contributed by atoms with Crippen LogP contribution in [0.25, 0.3) is 5.76 Å². The second-order valence-corrected chi connectivity index (χ2v) is 7.73. The van der Waals surface area contributed by atoms with Crippen molar-refractivity contribution in [1.82, 2.24) is 4.90 Å². The van der Waals surface area contributed by atoms with E-state index in [1.165, 1.54) is 4.90 Å². The predicted molar refractivity (Wildman–Crippen MR) is 125 cm³/mol. The van der Waals surface area contributed by atoms with Crippen LogP contribution in [0.2, 0.25) is 0 Å². The first-order valence-electron chi connectivity index (χ1n) is 10.6. The van der Waals surface area contributed by atoms with Gasteiger partial charge in [0.2, 0.25) is 0 Å². The molecule has 0 radical (unpaired) electrons. The van der Waals surface area contributed by atoms with Gasteiger partial charge in [0.25, 0.3) is 11.7 Å². The van der Waals surface area contributed by atoms with Crippen molar-refractivity contribution < 1.29 is 24.2 Å². The van der Waals surface area contributed by atoms with E-state index in [2.05, 4.69) is 0 Å². The number of Topliss-reactive ketones (excluding diaryl/α,β-unsaturated/α-hetero) is 1. The van der Waals surface area contributed by atoms with Crippen molar-refractivity contribution >= 4 is 17.4 Å². The molecule has 0 bridgehead atoms. The zero-order valence-corrected chi connectivity index (χ0v) is 18.5. The Labute approximate surface area is 192 Å². The second-order valence-electron chi connectivity index (χ2n) is 7.73. The number of aliphatic hydroxyl groups is 1. The number of carbonyl (C=O) groups excluding carboxylic acids is 2. The van der Waals surface area contributed by atoms with Crippen molar-refractivity contribution in [3.63, 3.8) is 0 Å². The summed E-state index contributed by atoms with van der Waals surface area (Å²) < 4.78 is 10.4. The van der Waals surface area contributed by atoms with Gasteiger partial charge >= 0.3 is 0 Å². The molecule has 0 saturated carbocycles. The van der Waals surface area contributed by atoms with Crippen molar-refractivity contribution in [3.05, 3.63) is 101 Å². The molecule has 1 aliphatic rings.